The van der Waals surface area contributed by atoms with Gasteiger partial charge in [-0.3, -0.25) is 4.79 Å². The summed E-state index contributed by atoms with van der Waals surface area (Å²) in [7, 11) is 0. The minimum Gasteiger partial charge on any atom is -0.461 e. The molecule has 0 aliphatic carbocycles. The summed E-state index contributed by atoms with van der Waals surface area (Å²) < 4.78 is 9.34. The van der Waals surface area contributed by atoms with Crippen molar-refractivity contribution in [2.45, 2.75) is 39.3 Å². The first kappa shape index (κ1) is 16.7. The molecule has 6 heteroatoms. The molecule has 0 radical (unpaired) electrons. The summed E-state index contributed by atoms with van der Waals surface area (Å²) in [4.78, 5) is 33.3. The Bertz CT molecular complexity index is 486. The predicted octanol–water partition coefficient (Wildman–Crippen LogP) is 2.17. The SMILES string of the molecule is CC.O=C(CCC1NC(=O)OC1=O)OCc1ccccc1. The number of hydrogen-bond acceptors (Lipinski definition) is 5. The highest BCUT2D eigenvalue weighted by atomic mass is 16.6. The number of alkyl carbamates (subject to hydrolysis) is 1. The predicted molar refractivity (Wildman–Crippen MR) is 75.2 cm³/mol. The molecule has 1 aliphatic rings. The molecule has 0 aromatic heterocycles. The van der Waals surface area contributed by atoms with Crippen LogP contribution in [-0.2, 0) is 25.7 Å². The van der Waals surface area contributed by atoms with Gasteiger partial charge in [0.25, 0.3) is 0 Å². The van der Waals surface area contributed by atoms with Crippen LogP contribution in [0.4, 0.5) is 4.79 Å². The smallest absolute Gasteiger partial charge is 0.415 e. The van der Waals surface area contributed by atoms with E-state index in [-0.39, 0.29) is 19.4 Å². The molecule has 21 heavy (non-hydrogen) atoms. The third-order valence-corrected chi connectivity index (χ3v) is 2.65. The normalized spacial score (nSPS) is 16.4. The van der Waals surface area contributed by atoms with Crippen molar-refractivity contribution in [1.29, 1.82) is 0 Å². The van der Waals surface area contributed by atoms with Crippen LogP contribution >= 0.6 is 0 Å². The zero-order valence-corrected chi connectivity index (χ0v) is 12.1. The lowest BCUT2D eigenvalue weighted by molar-refractivity contribution is -0.145. The summed E-state index contributed by atoms with van der Waals surface area (Å²) in [5.74, 6) is -1.07. The second-order valence-corrected chi connectivity index (χ2v) is 4.09. The van der Waals surface area contributed by atoms with Gasteiger partial charge in [-0.15, -0.1) is 0 Å². The molecule has 1 unspecified atom stereocenters. The second kappa shape index (κ2) is 8.73. The lowest BCUT2D eigenvalue weighted by Gasteiger charge is -2.06. The van der Waals surface area contributed by atoms with E-state index in [1.54, 1.807) is 0 Å². The van der Waals surface area contributed by atoms with Gasteiger partial charge in [-0.05, 0) is 12.0 Å². The molecule has 2 rings (SSSR count). The van der Waals surface area contributed by atoms with Gasteiger partial charge >= 0.3 is 18.0 Å². The Morgan fingerprint density at radius 3 is 2.48 bits per heavy atom. The van der Waals surface area contributed by atoms with E-state index >= 15 is 0 Å². The van der Waals surface area contributed by atoms with E-state index in [0.717, 1.165) is 5.56 Å². The third kappa shape index (κ3) is 5.64. The number of esters is 2. The molecule has 1 aromatic rings. The van der Waals surface area contributed by atoms with E-state index in [1.165, 1.54) is 0 Å². The molecule has 1 aliphatic heterocycles. The van der Waals surface area contributed by atoms with E-state index < -0.39 is 24.1 Å². The van der Waals surface area contributed by atoms with Crippen LogP contribution in [-0.4, -0.2) is 24.1 Å². The van der Waals surface area contributed by atoms with Crippen LogP contribution in [0.1, 0.15) is 32.3 Å². The Balaban J connectivity index is 0.00000106. The first-order valence-corrected chi connectivity index (χ1v) is 6.87. The van der Waals surface area contributed by atoms with Crippen LogP contribution in [0.2, 0.25) is 0 Å². The summed E-state index contributed by atoms with van der Waals surface area (Å²) in [6.07, 6.45) is -0.543. The van der Waals surface area contributed by atoms with E-state index in [2.05, 4.69) is 10.1 Å². The van der Waals surface area contributed by atoms with Gasteiger partial charge in [0.05, 0.1) is 0 Å². The lowest BCUT2D eigenvalue weighted by atomic mass is 10.1. The number of carbonyl (C=O) groups is 3. The van der Waals surface area contributed by atoms with Gasteiger partial charge in [0, 0.05) is 6.42 Å². The zero-order chi connectivity index (χ0) is 15.7. The fourth-order valence-corrected chi connectivity index (χ4v) is 1.66. The summed E-state index contributed by atoms with van der Waals surface area (Å²) in [5.41, 5.74) is 0.893. The number of ether oxygens (including phenoxy) is 2. The summed E-state index contributed by atoms with van der Waals surface area (Å²) in [5, 5.41) is 2.31. The Hall–Kier alpha value is -2.37. The minimum atomic E-state index is -0.771. The number of cyclic esters (lactones) is 2. The second-order valence-electron chi connectivity index (χ2n) is 4.09. The summed E-state index contributed by atoms with van der Waals surface area (Å²) in [6, 6.07) is 8.53. The molecule has 0 bridgehead atoms. The van der Waals surface area contributed by atoms with Crippen LogP contribution in [0.3, 0.4) is 0 Å². The molecule has 1 heterocycles. The van der Waals surface area contributed by atoms with E-state index in [9.17, 15) is 14.4 Å². The number of nitrogens with one attached hydrogen (secondary N) is 1. The molecule has 1 amide bonds. The van der Waals surface area contributed by atoms with Gasteiger partial charge in [0.2, 0.25) is 0 Å². The topological polar surface area (TPSA) is 81.7 Å². The third-order valence-electron chi connectivity index (χ3n) is 2.65. The molecule has 6 nitrogen and oxygen atoms in total. The molecule has 0 spiro atoms. The number of rotatable bonds is 5. The first-order chi connectivity index (χ1) is 10.1. The largest absolute Gasteiger partial charge is 0.461 e. The van der Waals surface area contributed by atoms with Crippen LogP contribution < -0.4 is 5.32 Å². The summed E-state index contributed by atoms with van der Waals surface area (Å²) in [6.45, 7) is 4.20. The van der Waals surface area contributed by atoms with Crippen molar-refractivity contribution < 1.29 is 23.9 Å². The first-order valence-electron chi connectivity index (χ1n) is 6.87. The lowest BCUT2D eigenvalue weighted by Crippen LogP contribution is -2.29. The highest BCUT2D eigenvalue weighted by molar-refractivity contribution is 5.95. The molecule has 1 fully saturated rings. The van der Waals surface area contributed by atoms with Gasteiger partial charge < -0.3 is 14.8 Å². The Morgan fingerprint density at radius 2 is 1.90 bits per heavy atom. The monoisotopic (exact) mass is 293 g/mol. The van der Waals surface area contributed by atoms with Crippen LogP contribution in [0.25, 0.3) is 0 Å². The van der Waals surface area contributed by atoms with Gasteiger partial charge in [-0.1, -0.05) is 44.2 Å². The van der Waals surface area contributed by atoms with Gasteiger partial charge in [-0.2, -0.15) is 0 Å². The van der Waals surface area contributed by atoms with Crippen molar-refractivity contribution in [1.82, 2.24) is 5.32 Å². The molecular formula is C15H19NO5. The fraction of sp³-hybridized carbons (Fsp3) is 0.400. The highest BCUT2D eigenvalue weighted by Crippen LogP contribution is 2.08. The van der Waals surface area contributed by atoms with E-state index in [0.29, 0.717) is 0 Å². The minimum absolute atomic E-state index is 0.0485. The molecule has 114 valence electrons. The number of benzene rings is 1. The number of amides is 1. The van der Waals surface area contributed by atoms with Crippen LogP contribution in [0.15, 0.2) is 30.3 Å². The molecule has 0 saturated carbocycles. The van der Waals surface area contributed by atoms with Gasteiger partial charge in [0.1, 0.15) is 12.6 Å². The van der Waals surface area contributed by atoms with Crippen molar-refractivity contribution in [2.24, 2.45) is 0 Å². The molecule has 1 saturated heterocycles. The Morgan fingerprint density at radius 1 is 1.24 bits per heavy atom. The van der Waals surface area contributed by atoms with Crippen LogP contribution in [0, 0.1) is 0 Å². The summed E-state index contributed by atoms with van der Waals surface area (Å²) >= 11 is 0. The Kier molecular flexibility index (Phi) is 6.94. The van der Waals surface area contributed by atoms with Gasteiger partial charge in [-0.25, -0.2) is 9.59 Å². The average Bonchev–Trinajstić information content (AvgIpc) is 2.84. The molecule has 1 atom stereocenters. The maximum Gasteiger partial charge on any atom is 0.415 e. The maximum absolute atomic E-state index is 11.5. The van der Waals surface area contributed by atoms with Crippen molar-refractivity contribution in [3.05, 3.63) is 35.9 Å². The van der Waals surface area contributed by atoms with Crippen molar-refractivity contribution in [3.8, 4) is 0 Å². The quantitative estimate of drug-likeness (QED) is 0.664. The number of carbonyl (C=O) groups excluding carboxylic acids is 3. The van der Waals surface area contributed by atoms with Crippen molar-refractivity contribution in [3.63, 3.8) is 0 Å². The molecule has 1 N–H and O–H groups in total. The average molecular weight is 293 g/mol. The van der Waals surface area contributed by atoms with E-state index in [4.69, 9.17) is 4.74 Å². The number of hydrogen-bond donors (Lipinski definition) is 1. The maximum atomic E-state index is 11.5. The van der Waals surface area contributed by atoms with Crippen molar-refractivity contribution in [2.75, 3.05) is 0 Å². The van der Waals surface area contributed by atoms with Gasteiger partial charge in [0.15, 0.2) is 0 Å². The fourth-order valence-electron chi connectivity index (χ4n) is 1.66. The van der Waals surface area contributed by atoms with Crippen LogP contribution in [0.5, 0.6) is 0 Å². The Labute approximate surface area is 123 Å². The standard InChI is InChI=1S/C13H13NO5.C2H6/c15-11(18-8-9-4-2-1-3-5-9)7-6-10-12(16)19-13(17)14-10;1-2/h1-5,10H,6-8H2,(H,14,17);1-2H3. The highest BCUT2D eigenvalue weighted by Gasteiger charge is 2.32. The van der Waals surface area contributed by atoms with E-state index in [1.807, 2.05) is 44.2 Å². The molecular weight excluding hydrogens is 274 g/mol. The zero-order valence-electron chi connectivity index (χ0n) is 12.1. The van der Waals surface area contributed by atoms with Crippen molar-refractivity contribution >= 4 is 18.0 Å². The molecule has 1 aromatic carbocycles.